The monoisotopic (exact) mass is 798 g/mol. The highest BCUT2D eigenvalue weighted by atomic mass is 35.5. The Morgan fingerprint density at radius 3 is 2.31 bits per heavy atom. The molecule has 290 valence electrons. The number of fused-ring (bicyclic) bond motifs is 3. The zero-order chi connectivity index (χ0) is 38.5. The maximum absolute atomic E-state index is 13.9. The highest BCUT2D eigenvalue weighted by Gasteiger charge is 2.38. The second-order valence-electron chi connectivity index (χ2n) is 14.2. The molecule has 4 aliphatic rings. The van der Waals surface area contributed by atoms with E-state index in [1.54, 1.807) is 48.8 Å². The zero-order valence-electron chi connectivity index (χ0n) is 29.8. The van der Waals surface area contributed by atoms with Gasteiger partial charge in [0.05, 0.1) is 12.2 Å². The van der Waals surface area contributed by atoms with Crippen molar-refractivity contribution < 1.29 is 46.7 Å². The topological polar surface area (TPSA) is 100 Å². The molecule has 1 aromatic heterocycles. The summed E-state index contributed by atoms with van der Waals surface area (Å²) in [6.07, 6.45) is 5.90. The molecule has 3 atom stereocenters. The van der Waals surface area contributed by atoms with Crippen LogP contribution in [0.4, 0.5) is 13.2 Å². The number of H-pyrrole nitrogens is 1. The molecular formula is C41H41Cl2F3N3O6+. The number of hydrogen-bond acceptors (Lipinski definition) is 8. The Bertz CT molecular complexity index is 1960. The van der Waals surface area contributed by atoms with Crippen LogP contribution in [0.15, 0.2) is 79.1 Å². The van der Waals surface area contributed by atoms with E-state index in [4.69, 9.17) is 42.1 Å². The lowest BCUT2D eigenvalue weighted by atomic mass is 9.86. The Kier molecular flexibility index (Phi) is 12.5. The van der Waals surface area contributed by atoms with Gasteiger partial charge in [0.2, 0.25) is 0 Å². The number of benzene rings is 3. The van der Waals surface area contributed by atoms with E-state index in [0.717, 1.165) is 38.8 Å². The van der Waals surface area contributed by atoms with Gasteiger partial charge < -0.3 is 18.9 Å². The van der Waals surface area contributed by atoms with Gasteiger partial charge in [-0.2, -0.15) is 8.78 Å². The van der Waals surface area contributed by atoms with Crippen molar-refractivity contribution in [3.63, 3.8) is 0 Å². The van der Waals surface area contributed by atoms with E-state index in [-0.39, 0.29) is 36.1 Å². The van der Waals surface area contributed by atoms with E-state index < -0.39 is 36.5 Å². The fourth-order valence-electron chi connectivity index (χ4n) is 7.09. The molecule has 2 N–H and O–H groups in total. The van der Waals surface area contributed by atoms with Gasteiger partial charge in [-0.05, 0) is 104 Å². The minimum absolute atomic E-state index is 0.0531. The number of pyridine rings is 1. The molecule has 14 heteroatoms. The number of ether oxygens (including phenoxy) is 4. The van der Waals surface area contributed by atoms with Crippen molar-refractivity contribution in [2.75, 3.05) is 26.2 Å². The Labute approximate surface area is 327 Å². The summed E-state index contributed by atoms with van der Waals surface area (Å²) in [4.78, 5) is 32.7. The summed E-state index contributed by atoms with van der Waals surface area (Å²) in [5, 5.41) is 3.88. The van der Waals surface area contributed by atoms with Crippen molar-refractivity contribution in [2.45, 2.75) is 63.5 Å². The molecule has 1 saturated carbocycles. The van der Waals surface area contributed by atoms with Gasteiger partial charge in [-0.1, -0.05) is 53.5 Å². The third kappa shape index (κ3) is 10.1. The summed E-state index contributed by atoms with van der Waals surface area (Å²) in [5.74, 6) is -0.947. The van der Waals surface area contributed by atoms with Crippen LogP contribution in [0.3, 0.4) is 0 Å². The minimum Gasteiger partial charge on any atom is -0.489 e. The van der Waals surface area contributed by atoms with Gasteiger partial charge in [0, 0.05) is 25.1 Å². The van der Waals surface area contributed by atoms with E-state index >= 15 is 0 Å². The summed E-state index contributed by atoms with van der Waals surface area (Å²) in [7, 11) is 0. The molecule has 4 fully saturated rings. The molecule has 2 bridgehead atoms. The van der Waals surface area contributed by atoms with Gasteiger partial charge in [0.1, 0.15) is 34.1 Å². The SMILES string of the molecule is O=C(O[C@@H](Cc1c(Cl)c[nH+]cc1Cl)c1ccc(OC(F)F)c(OCC2CC2)c1)c1cccc(CNC(C(=O)O[C@H]2CN3CCC2CC3)c2ccc(F)cc2)c1. The van der Waals surface area contributed by atoms with Gasteiger partial charge in [-0.25, -0.2) is 19.0 Å². The highest BCUT2D eigenvalue weighted by Crippen LogP contribution is 2.38. The number of nitrogens with one attached hydrogen (secondary N) is 2. The minimum atomic E-state index is -3.07. The molecule has 55 heavy (non-hydrogen) atoms. The van der Waals surface area contributed by atoms with Crippen molar-refractivity contribution in [1.82, 2.24) is 10.2 Å². The maximum Gasteiger partial charge on any atom is 0.387 e. The predicted molar refractivity (Wildman–Crippen MR) is 198 cm³/mol. The van der Waals surface area contributed by atoms with Crippen molar-refractivity contribution >= 4 is 35.1 Å². The molecule has 9 nitrogen and oxygen atoms in total. The van der Waals surface area contributed by atoms with Gasteiger partial charge in [0.15, 0.2) is 23.9 Å². The van der Waals surface area contributed by atoms with E-state index in [1.165, 1.54) is 30.3 Å². The van der Waals surface area contributed by atoms with E-state index in [1.807, 2.05) is 0 Å². The molecule has 1 unspecified atom stereocenters. The highest BCUT2D eigenvalue weighted by molar-refractivity contribution is 6.35. The molecule has 0 amide bonds. The number of aromatic amines is 1. The molecular weight excluding hydrogens is 758 g/mol. The number of nitrogens with zero attached hydrogens (tertiary/aromatic N) is 1. The van der Waals surface area contributed by atoms with Gasteiger partial charge in [-0.15, -0.1) is 0 Å². The Morgan fingerprint density at radius 2 is 1.64 bits per heavy atom. The van der Waals surface area contributed by atoms with E-state index in [2.05, 4.69) is 15.2 Å². The fourth-order valence-corrected chi connectivity index (χ4v) is 7.62. The molecule has 3 aliphatic heterocycles. The van der Waals surface area contributed by atoms with Gasteiger partial charge in [-0.3, -0.25) is 10.2 Å². The lowest BCUT2D eigenvalue weighted by Crippen LogP contribution is -2.52. The van der Waals surface area contributed by atoms with Crippen LogP contribution >= 0.6 is 23.2 Å². The smallest absolute Gasteiger partial charge is 0.387 e. The van der Waals surface area contributed by atoms with Crippen LogP contribution in [0.2, 0.25) is 10.0 Å². The number of piperidine rings is 3. The first-order valence-corrected chi connectivity index (χ1v) is 19.1. The Balaban J connectivity index is 1.10. The van der Waals surface area contributed by atoms with E-state index in [0.29, 0.717) is 57.3 Å². The molecule has 0 radical (unpaired) electrons. The number of carbonyl (C=O) groups excluding carboxylic acids is 2. The first kappa shape index (κ1) is 38.9. The van der Waals surface area contributed by atoms with E-state index in [9.17, 15) is 22.8 Å². The van der Waals surface area contributed by atoms with Crippen molar-refractivity contribution in [2.24, 2.45) is 11.8 Å². The Hall–Kier alpha value is -4.36. The number of aromatic nitrogens is 1. The van der Waals surface area contributed by atoms with Crippen LogP contribution in [0, 0.1) is 17.7 Å². The summed E-state index contributed by atoms with van der Waals surface area (Å²) < 4.78 is 63.2. The number of esters is 2. The van der Waals surface area contributed by atoms with Crippen LogP contribution in [0.5, 0.6) is 11.5 Å². The number of carbonyl (C=O) groups is 2. The van der Waals surface area contributed by atoms with Crippen molar-refractivity contribution in [3.05, 3.63) is 123 Å². The largest absolute Gasteiger partial charge is 0.489 e. The van der Waals surface area contributed by atoms with Gasteiger partial charge in [0.25, 0.3) is 0 Å². The molecule has 8 rings (SSSR count). The summed E-state index contributed by atoms with van der Waals surface area (Å²) in [6, 6.07) is 16.0. The first-order valence-electron chi connectivity index (χ1n) is 18.4. The molecule has 3 saturated heterocycles. The van der Waals surface area contributed by atoms with Crippen LogP contribution in [0.1, 0.15) is 70.4 Å². The zero-order valence-corrected chi connectivity index (χ0v) is 31.3. The average molecular weight is 800 g/mol. The van der Waals surface area contributed by atoms with Crippen LogP contribution in [-0.2, 0) is 27.2 Å². The Morgan fingerprint density at radius 1 is 0.909 bits per heavy atom. The van der Waals surface area contributed by atoms with Crippen LogP contribution in [-0.4, -0.2) is 55.8 Å². The fraction of sp³-hybridized carbons (Fsp3) is 0.390. The molecule has 4 aromatic rings. The molecule has 0 spiro atoms. The second kappa shape index (κ2) is 17.6. The molecule has 3 aromatic carbocycles. The van der Waals surface area contributed by atoms with Crippen LogP contribution in [0.25, 0.3) is 0 Å². The third-order valence-electron chi connectivity index (χ3n) is 10.3. The first-order chi connectivity index (χ1) is 26.6. The summed E-state index contributed by atoms with van der Waals surface area (Å²) in [6.45, 7) is 0.137. The third-order valence-corrected chi connectivity index (χ3v) is 11.0. The lowest BCUT2D eigenvalue weighted by Gasteiger charge is -2.44. The molecule has 1 aliphatic carbocycles. The number of alkyl halides is 2. The van der Waals surface area contributed by atoms with Crippen LogP contribution < -0.4 is 19.8 Å². The van der Waals surface area contributed by atoms with Gasteiger partial charge >= 0.3 is 18.6 Å². The number of rotatable bonds is 16. The normalized spacial score (nSPS) is 20.1. The summed E-state index contributed by atoms with van der Waals surface area (Å²) >= 11 is 13.0. The molecule has 4 heterocycles. The second-order valence-corrected chi connectivity index (χ2v) is 15.1. The number of hydrogen-bond donors (Lipinski definition) is 1. The maximum atomic E-state index is 13.9. The average Bonchev–Trinajstić information content (AvgIpc) is 4.01. The number of halogens is 5. The van der Waals surface area contributed by atoms with Crippen molar-refractivity contribution in [1.29, 1.82) is 0 Å². The van der Waals surface area contributed by atoms with Crippen molar-refractivity contribution in [3.8, 4) is 11.5 Å². The standard InChI is InChI=1S/C41H40Cl2F3N3O6/c42-32-20-47-21-33(43)31(32)18-35(28-8-11-34(55-41(45)46)36(17-28)52-23-24-4-5-24)53-39(50)29-3-1-2-25(16-29)19-48-38(27-6-9-30(44)10-7-27)40(51)54-37-22-49-14-12-26(37)13-15-49/h1-3,6-11,16-17,20-21,24,26,35,37-38,41,48H,4-5,12-15,18-19,22-23H2/p+1/t35-,37-,38?/m0/s1. The summed E-state index contributed by atoms with van der Waals surface area (Å²) in [5.41, 5.74) is 2.39. The quantitative estimate of drug-likeness (QED) is 0.114. The predicted octanol–water partition coefficient (Wildman–Crippen LogP) is 7.95. The lowest BCUT2D eigenvalue weighted by molar-refractivity contribution is -0.377.